The molecule has 0 atom stereocenters. The molecule has 0 aliphatic carbocycles. The standard InChI is InChI=1S/C9H12N2O2/c1-4-13-7(3)8-5-10-11-9(12)6(8)2/h5H,3-4H2,1-2H3,(H,11,12). The molecule has 0 radical (unpaired) electrons. The van der Waals surface area contributed by atoms with Crippen LogP contribution in [-0.4, -0.2) is 16.8 Å². The summed E-state index contributed by atoms with van der Waals surface area (Å²) in [5, 5.41) is 6.00. The van der Waals surface area contributed by atoms with Gasteiger partial charge < -0.3 is 4.74 Å². The molecule has 0 unspecified atom stereocenters. The smallest absolute Gasteiger partial charge is 0.267 e. The molecule has 0 aliphatic heterocycles. The zero-order valence-corrected chi connectivity index (χ0v) is 7.76. The average molecular weight is 180 g/mol. The molecule has 4 nitrogen and oxygen atoms in total. The van der Waals surface area contributed by atoms with Gasteiger partial charge in [-0.3, -0.25) is 4.79 Å². The highest BCUT2D eigenvalue weighted by Gasteiger charge is 2.06. The molecule has 0 saturated carbocycles. The van der Waals surface area contributed by atoms with E-state index in [2.05, 4.69) is 16.8 Å². The third-order valence-electron chi connectivity index (χ3n) is 1.72. The lowest BCUT2D eigenvalue weighted by molar-refractivity contribution is 0.298. The first-order valence-electron chi connectivity index (χ1n) is 4.03. The zero-order valence-electron chi connectivity index (χ0n) is 7.76. The van der Waals surface area contributed by atoms with Gasteiger partial charge in [-0.2, -0.15) is 5.10 Å². The molecule has 1 aromatic rings. The first kappa shape index (κ1) is 9.51. The lowest BCUT2D eigenvalue weighted by Gasteiger charge is -2.07. The highest BCUT2D eigenvalue weighted by molar-refractivity contribution is 5.59. The monoisotopic (exact) mass is 180 g/mol. The fraction of sp³-hybridized carbons (Fsp3) is 0.333. The maximum Gasteiger partial charge on any atom is 0.267 e. The Hall–Kier alpha value is -1.58. The van der Waals surface area contributed by atoms with Crippen LogP contribution in [0.25, 0.3) is 5.76 Å². The Labute approximate surface area is 76.2 Å². The Morgan fingerprint density at radius 1 is 1.77 bits per heavy atom. The summed E-state index contributed by atoms with van der Waals surface area (Å²) in [5.41, 5.74) is 1.03. The largest absolute Gasteiger partial charge is 0.494 e. The molecule has 70 valence electrons. The number of aromatic amines is 1. The van der Waals surface area contributed by atoms with E-state index in [1.54, 1.807) is 6.92 Å². The third-order valence-corrected chi connectivity index (χ3v) is 1.72. The first-order valence-corrected chi connectivity index (χ1v) is 4.03. The zero-order chi connectivity index (χ0) is 9.84. The molecular weight excluding hydrogens is 168 g/mol. The molecule has 0 aliphatic rings. The Morgan fingerprint density at radius 2 is 2.46 bits per heavy atom. The predicted molar refractivity (Wildman–Crippen MR) is 50.3 cm³/mol. The highest BCUT2D eigenvalue weighted by atomic mass is 16.5. The van der Waals surface area contributed by atoms with Crippen molar-refractivity contribution >= 4 is 5.76 Å². The Bertz CT molecular complexity index is 368. The second-order valence-corrected chi connectivity index (χ2v) is 2.59. The molecule has 1 aromatic heterocycles. The second-order valence-electron chi connectivity index (χ2n) is 2.59. The van der Waals surface area contributed by atoms with Crippen molar-refractivity contribution in [1.82, 2.24) is 10.2 Å². The molecular formula is C9H12N2O2. The van der Waals surface area contributed by atoms with Crippen molar-refractivity contribution in [2.45, 2.75) is 13.8 Å². The third kappa shape index (κ3) is 1.96. The summed E-state index contributed by atoms with van der Waals surface area (Å²) in [4.78, 5) is 11.1. The van der Waals surface area contributed by atoms with Crippen molar-refractivity contribution in [2.75, 3.05) is 6.61 Å². The van der Waals surface area contributed by atoms with E-state index in [9.17, 15) is 4.79 Å². The van der Waals surface area contributed by atoms with Crippen LogP contribution in [0, 0.1) is 6.92 Å². The van der Waals surface area contributed by atoms with E-state index in [1.807, 2.05) is 6.92 Å². The fourth-order valence-electron chi connectivity index (χ4n) is 0.992. The van der Waals surface area contributed by atoms with Crippen LogP contribution in [0.1, 0.15) is 18.1 Å². The molecule has 0 bridgehead atoms. The molecule has 1 N–H and O–H groups in total. The van der Waals surface area contributed by atoms with E-state index in [0.29, 0.717) is 23.5 Å². The lowest BCUT2D eigenvalue weighted by Crippen LogP contribution is -2.13. The van der Waals surface area contributed by atoms with E-state index in [-0.39, 0.29) is 5.56 Å². The molecule has 0 saturated heterocycles. The summed E-state index contributed by atoms with van der Waals surface area (Å²) in [6, 6.07) is 0. The van der Waals surface area contributed by atoms with Crippen LogP contribution in [0.4, 0.5) is 0 Å². The van der Waals surface area contributed by atoms with Gasteiger partial charge in [0.15, 0.2) is 0 Å². The molecule has 1 rings (SSSR count). The van der Waals surface area contributed by atoms with Crippen molar-refractivity contribution in [1.29, 1.82) is 0 Å². The number of ether oxygens (including phenoxy) is 1. The van der Waals surface area contributed by atoms with E-state index in [1.165, 1.54) is 6.20 Å². The molecule has 13 heavy (non-hydrogen) atoms. The molecule has 1 heterocycles. The molecule has 0 fully saturated rings. The van der Waals surface area contributed by atoms with Crippen LogP contribution in [0.5, 0.6) is 0 Å². The molecule has 0 amide bonds. The topological polar surface area (TPSA) is 55.0 Å². The van der Waals surface area contributed by atoms with Gasteiger partial charge in [-0.25, -0.2) is 5.10 Å². The van der Waals surface area contributed by atoms with Crippen LogP contribution in [0.2, 0.25) is 0 Å². The van der Waals surface area contributed by atoms with Crippen LogP contribution in [0.15, 0.2) is 17.6 Å². The average Bonchev–Trinajstić information content (AvgIpc) is 2.10. The maximum absolute atomic E-state index is 11.1. The van der Waals surface area contributed by atoms with Crippen LogP contribution in [-0.2, 0) is 4.74 Å². The van der Waals surface area contributed by atoms with Gasteiger partial charge in [0.2, 0.25) is 0 Å². The Balaban J connectivity index is 3.08. The molecule has 0 aromatic carbocycles. The number of aromatic nitrogens is 2. The van der Waals surface area contributed by atoms with Gasteiger partial charge in [0, 0.05) is 11.1 Å². The van der Waals surface area contributed by atoms with Crippen LogP contribution < -0.4 is 5.56 Å². The minimum absolute atomic E-state index is 0.210. The normalized spacial score (nSPS) is 9.69. The minimum Gasteiger partial charge on any atom is -0.494 e. The van der Waals surface area contributed by atoms with E-state index < -0.39 is 0 Å². The van der Waals surface area contributed by atoms with Crippen LogP contribution in [0.3, 0.4) is 0 Å². The molecule has 4 heteroatoms. The van der Waals surface area contributed by atoms with Crippen molar-refractivity contribution in [2.24, 2.45) is 0 Å². The summed E-state index contributed by atoms with van der Waals surface area (Å²) >= 11 is 0. The number of hydrogen-bond donors (Lipinski definition) is 1. The summed E-state index contributed by atoms with van der Waals surface area (Å²) in [5.74, 6) is 0.485. The van der Waals surface area contributed by atoms with Gasteiger partial charge in [0.05, 0.1) is 12.8 Å². The number of hydrogen-bond acceptors (Lipinski definition) is 3. The summed E-state index contributed by atoms with van der Waals surface area (Å²) < 4.78 is 5.18. The van der Waals surface area contributed by atoms with E-state index in [0.717, 1.165) is 0 Å². The predicted octanol–water partition coefficient (Wildman–Crippen LogP) is 1.09. The highest BCUT2D eigenvalue weighted by Crippen LogP contribution is 2.13. The number of rotatable bonds is 3. The van der Waals surface area contributed by atoms with E-state index in [4.69, 9.17) is 4.74 Å². The van der Waals surface area contributed by atoms with Gasteiger partial charge in [-0.05, 0) is 13.8 Å². The Kier molecular flexibility index (Phi) is 2.84. The first-order chi connectivity index (χ1) is 6.16. The van der Waals surface area contributed by atoms with Gasteiger partial charge in [-0.1, -0.05) is 6.58 Å². The summed E-state index contributed by atoms with van der Waals surface area (Å²) in [6.07, 6.45) is 1.54. The van der Waals surface area contributed by atoms with Gasteiger partial charge in [0.25, 0.3) is 5.56 Å². The van der Waals surface area contributed by atoms with Crippen molar-refractivity contribution < 1.29 is 4.74 Å². The fourth-order valence-corrected chi connectivity index (χ4v) is 0.992. The molecule has 0 spiro atoms. The van der Waals surface area contributed by atoms with Crippen LogP contribution >= 0.6 is 0 Å². The number of nitrogens with one attached hydrogen (secondary N) is 1. The number of H-pyrrole nitrogens is 1. The van der Waals surface area contributed by atoms with Gasteiger partial charge in [0.1, 0.15) is 5.76 Å². The minimum atomic E-state index is -0.210. The quantitative estimate of drug-likeness (QED) is 0.708. The van der Waals surface area contributed by atoms with Crippen molar-refractivity contribution in [3.63, 3.8) is 0 Å². The lowest BCUT2D eigenvalue weighted by atomic mass is 10.1. The summed E-state index contributed by atoms with van der Waals surface area (Å²) in [6.45, 7) is 7.81. The SMILES string of the molecule is C=C(OCC)c1cn[nH]c(=O)c1C. The van der Waals surface area contributed by atoms with Gasteiger partial charge in [-0.15, -0.1) is 0 Å². The van der Waals surface area contributed by atoms with Crippen molar-refractivity contribution in [3.05, 3.63) is 34.3 Å². The van der Waals surface area contributed by atoms with Crippen molar-refractivity contribution in [3.8, 4) is 0 Å². The maximum atomic E-state index is 11.1. The Morgan fingerprint density at radius 3 is 3.08 bits per heavy atom. The second kappa shape index (κ2) is 3.89. The summed E-state index contributed by atoms with van der Waals surface area (Å²) in [7, 11) is 0. The number of nitrogens with zero attached hydrogens (tertiary/aromatic N) is 1. The van der Waals surface area contributed by atoms with E-state index >= 15 is 0 Å². The van der Waals surface area contributed by atoms with Gasteiger partial charge >= 0.3 is 0 Å².